The first-order valence-corrected chi connectivity index (χ1v) is 13.8. The van der Waals surface area contributed by atoms with E-state index in [-0.39, 0.29) is 25.3 Å². The van der Waals surface area contributed by atoms with Gasteiger partial charge in [0.05, 0.1) is 13.0 Å². The molecule has 0 radical (unpaired) electrons. The minimum atomic E-state index is -1.44. The van der Waals surface area contributed by atoms with Crippen molar-refractivity contribution in [2.75, 3.05) is 5.32 Å². The summed E-state index contributed by atoms with van der Waals surface area (Å²) in [7, 11) is 0. The van der Waals surface area contributed by atoms with Crippen molar-refractivity contribution in [3.8, 4) is 0 Å². The van der Waals surface area contributed by atoms with Gasteiger partial charge in [0.15, 0.2) is 0 Å². The quantitative estimate of drug-likeness (QED) is 0.215. The summed E-state index contributed by atoms with van der Waals surface area (Å²) < 4.78 is 0. The number of hydrogen-bond acceptors (Lipinski definition) is 5. The first kappa shape index (κ1) is 30.1. The van der Waals surface area contributed by atoms with E-state index in [1.54, 1.807) is 6.07 Å². The number of primary amides is 1. The zero-order chi connectivity index (χ0) is 30.6. The molecule has 12 nitrogen and oxygen atoms in total. The number of aromatic amines is 1. The highest BCUT2D eigenvalue weighted by Crippen LogP contribution is 2.31. The fraction of sp³-hybridized carbons (Fsp3) is 0.367. The Kier molecular flexibility index (Phi) is 9.14. The number of benzene rings is 2. The lowest BCUT2D eigenvalue weighted by Crippen LogP contribution is -2.59. The van der Waals surface area contributed by atoms with Crippen LogP contribution in [-0.4, -0.2) is 62.8 Å². The average molecular weight is 577 g/mol. The number of urea groups is 1. The maximum Gasteiger partial charge on any atom is 0.322 e. The first-order chi connectivity index (χ1) is 19.9. The van der Waals surface area contributed by atoms with Gasteiger partial charge in [-0.15, -0.1) is 0 Å². The lowest BCUT2D eigenvalue weighted by molar-refractivity contribution is -0.140. The monoisotopic (exact) mass is 576 g/mol. The van der Waals surface area contributed by atoms with Crippen molar-refractivity contribution < 1.29 is 29.1 Å². The number of nitrogens with one attached hydrogen (secondary N) is 4. The number of carbonyl (C=O) groups is 5. The van der Waals surface area contributed by atoms with Crippen LogP contribution in [0.4, 0.5) is 10.5 Å². The SMILES string of the molecule is Cc1cccc(NC(=O)N2Cc3[nH]c4ccccc4c3C[C@H]2C(=O)N[C@@H](CC(C)C)C(=O)N[C@@H](CC(=O)O)C(N)=O)c1. The summed E-state index contributed by atoms with van der Waals surface area (Å²) in [6.45, 7) is 5.75. The number of anilines is 1. The summed E-state index contributed by atoms with van der Waals surface area (Å²) in [5.74, 6) is -3.64. The minimum Gasteiger partial charge on any atom is -0.481 e. The van der Waals surface area contributed by atoms with E-state index in [0.29, 0.717) is 5.69 Å². The van der Waals surface area contributed by atoms with E-state index in [0.717, 1.165) is 27.7 Å². The number of aryl methyl sites for hydroxylation is 1. The molecule has 1 aromatic heterocycles. The third-order valence-electron chi connectivity index (χ3n) is 7.22. The van der Waals surface area contributed by atoms with Crippen LogP contribution in [0, 0.1) is 12.8 Å². The van der Waals surface area contributed by atoms with Gasteiger partial charge in [-0.3, -0.25) is 19.2 Å². The third kappa shape index (κ3) is 7.06. The number of carbonyl (C=O) groups excluding carboxylic acids is 4. The number of carboxylic acids is 1. The lowest BCUT2D eigenvalue weighted by Gasteiger charge is -2.35. The fourth-order valence-corrected chi connectivity index (χ4v) is 5.21. The topological polar surface area (TPSA) is 187 Å². The van der Waals surface area contributed by atoms with Gasteiger partial charge in [0.25, 0.3) is 0 Å². The van der Waals surface area contributed by atoms with Crippen LogP contribution in [0.15, 0.2) is 48.5 Å². The Morgan fingerprint density at radius 2 is 1.79 bits per heavy atom. The van der Waals surface area contributed by atoms with Crippen LogP contribution in [0.5, 0.6) is 0 Å². The van der Waals surface area contributed by atoms with Gasteiger partial charge in [0, 0.05) is 28.7 Å². The maximum atomic E-state index is 13.9. The van der Waals surface area contributed by atoms with Gasteiger partial charge in [-0.1, -0.05) is 44.2 Å². The molecule has 5 amide bonds. The summed E-state index contributed by atoms with van der Waals surface area (Å²) in [6, 6.07) is 11.0. The lowest BCUT2D eigenvalue weighted by atomic mass is 9.95. The van der Waals surface area contributed by atoms with E-state index in [2.05, 4.69) is 20.9 Å². The Labute approximate surface area is 243 Å². The van der Waals surface area contributed by atoms with Crippen LogP contribution in [0.1, 0.15) is 43.5 Å². The minimum absolute atomic E-state index is 0.0418. The smallest absolute Gasteiger partial charge is 0.322 e. The molecule has 7 N–H and O–H groups in total. The standard InChI is InChI=1S/C30H36N6O6/c1-16(2)11-23(28(40)34-22(27(31)39)14-26(37)38)35-29(41)25-13-20-19-9-4-5-10-21(19)33-24(20)15-36(25)30(42)32-18-8-6-7-17(3)12-18/h4-10,12,16,22-23,25,33H,11,13-15H2,1-3H3,(H2,31,39)(H,32,42)(H,34,40)(H,35,41)(H,37,38)/t22-,23-,25-/m0/s1. The Morgan fingerprint density at radius 1 is 1.05 bits per heavy atom. The Morgan fingerprint density at radius 3 is 2.45 bits per heavy atom. The van der Waals surface area contributed by atoms with Crippen molar-refractivity contribution in [3.63, 3.8) is 0 Å². The number of nitrogens with two attached hydrogens (primary N) is 1. The van der Waals surface area contributed by atoms with Crippen molar-refractivity contribution in [2.45, 2.75) is 64.7 Å². The molecule has 0 saturated heterocycles. The van der Waals surface area contributed by atoms with Crippen LogP contribution in [-0.2, 0) is 32.1 Å². The van der Waals surface area contributed by atoms with Crippen molar-refractivity contribution in [2.24, 2.45) is 11.7 Å². The largest absolute Gasteiger partial charge is 0.481 e. The van der Waals surface area contributed by atoms with Gasteiger partial charge in [0.2, 0.25) is 17.7 Å². The second-order valence-electron chi connectivity index (χ2n) is 11.0. The van der Waals surface area contributed by atoms with Crippen molar-refractivity contribution >= 4 is 46.3 Å². The number of H-pyrrole nitrogens is 1. The average Bonchev–Trinajstić information content (AvgIpc) is 3.28. The summed E-state index contributed by atoms with van der Waals surface area (Å²) in [6.07, 6.45) is -0.287. The maximum absolute atomic E-state index is 13.9. The van der Waals surface area contributed by atoms with Gasteiger partial charge < -0.3 is 36.7 Å². The molecule has 2 heterocycles. The summed E-state index contributed by atoms with van der Waals surface area (Å²) in [5.41, 5.74) is 9.44. The van der Waals surface area contributed by atoms with Gasteiger partial charge in [-0.05, 0) is 48.6 Å². The molecule has 0 bridgehead atoms. The molecule has 2 aromatic carbocycles. The molecule has 3 atom stereocenters. The zero-order valence-electron chi connectivity index (χ0n) is 23.8. The number of fused-ring (bicyclic) bond motifs is 3. The number of rotatable bonds is 10. The molecule has 0 spiro atoms. The molecule has 42 heavy (non-hydrogen) atoms. The van der Waals surface area contributed by atoms with Crippen molar-refractivity contribution in [1.29, 1.82) is 0 Å². The highest BCUT2D eigenvalue weighted by molar-refractivity contribution is 5.98. The van der Waals surface area contributed by atoms with E-state index in [1.807, 2.05) is 63.2 Å². The predicted octanol–water partition coefficient (Wildman–Crippen LogP) is 2.41. The first-order valence-electron chi connectivity index (χ1n) is 13.8. The molecular weight excluding hydrogens is 540 g/mol. The van der Waals surface area contributed by atoms with Crippen LogP contribution < -0.4 is 21.7 Å². The summed E-state index contributed by atoms with van der Waals surface area (Å²) in [4.78, 5) is 68.4. The molecule has 1 aliphatic rings. The van der Waals surface area contributed by atoms with Crippen LogP contribution in [0.3, 0.4) is 0 Å². The number of hydrogen-bond donors (Lipinski definition) is 6. The molecule has 0 fully saturated rings. The number of para-hydroxylation sites is 1. The van der Waals surface area contributed by atoms with E-state index >= 15 is 0 Å². The molecule has 0 unspecified atom stereocenters. The Hall–Kier alpha value is -4.87. The second kappa shape index (κ2) is 12.8. The van der Waals surface area contributed by atoms with E-state index in [4.69, 9.17) is 10.8 Å². The van der Waals surface area contributed by atoms with Crippen LogP contribution >= 0.6 is 0 Å². The Bertz CT molecular complexity index is 1510. The summed E-state index contributed by atoms with van der Waals surface area (Å²) in [5, 5.41) is 18.1. The van der Waals surface area contributed by atoms with E-state index in [1.165, 1.54) is 4.90 Å². The number of nitrogens with zero attached hydrogens (tertiary/aromatic N) is 1. The highest BCUT2D eigenvalue weighted by Gasteiger charge is 2.38. The third-order valence-corrected chi connectivity index (χ3v) is 7.22. The van der Waals surface area contributed by atoms with E-state index in [9.17, 15) is 24.0 Å². The molecular formula is C30H36N6O6. The highest BCUT2D eigenvalue weighted by atomic mass is 16.4. The number of amides is 5. The predicted molar refractivity (Wildman–Crippen MR) is 156 cm³/mol. The summed E-state index contributed by atoms with van der Waals surface area (Å²) >= 11 is 0. The Balaban J connectivity index is 1.62. The van der Waals surface area contributed by atoms with Crippen LogP contribution in [0.25, 0.3) is 10.9 Å². The van der Waals surface area contributed by atoms with Gasteiger partial charge in [-0.25, -0.2) is 4.79 Å². The molecule has 1 aliphatic heterocycles. The molecule has 12 heteroatoms. The molecule has 222 valence electrons. The number of aromatic nitrogens is 1. The molecule has 0 saturated carbocycles. The van der Waals surface area contributed by atoms with Crippen LogP contribution in [0.2, 0.25) is 0 Å². The van der Waals surface area contributed by atoms with Gasteiger partial charge in [0.1, 0.15) is 18.1 Å². The van der Waals surface area contributed by atoms with Crippen molar-refractivity contribution in [1.82, 2.24) is 20.5 Å². The van der Waals surface area contributed by atoms with E-state index < -0.39 is 54.3 Å². The molecule has 0 aliphatic carbocycles. The molecule has 4 rings (SSSR count). The number of aliphatic carboxylic acids is 1. The van der Waals surface area contributed by atoms with Gasteiger partial charge in [-0.2, -0.15) is 0 Å². The fourth-order valence-electron chi connectivity index (χ4n) is 5.21. The zero-order valence-corrected chi connectivity index (χ0v) is 23.8. The van der Waals surface area contributed by atoms with Crippen molar-refractivity contribution in [3.05, 3.63) is 65.4 Å². The normalized spacial score (nSPS) is 15.9. The number of carboxylic acid groups (broad SMARTS) is 1. The molecule has 3 aromatic rings. The second-order valence-corrected chi connectivity index (χ2v) is 11.0. The van der Waals surface area contributed by atoms with Gasteiger partial charge >= 0.3 is 12.0 Å².